The van der Waals surface area contributed by atoms with Gasteiger partial charge in [0.25, 0.3) is 0 Å². The number of carbonyl (C=O) groups excluding carboxylic acids is 2. The average Bonchev–Trinajstić information content (AvgIpc) is 2.26. The van der Waals surface area contributed by atoms with Crippen LogP contribution in [0, 0.1) is 5.92 Å². The van der Waals surface area contributed by atoms with Gasteiger partial charge in [0, 0.05) is 13.1 Å². The molecule has 1 fully saturated rings. The van der Waals surface area contributed by atoms with Gasteiger partial charge in [-0.05, 0) is 39.5 Å². The second kappa shape index (κ2) is 5.91. The van der Waals surface area contributed by atoms with Crippen molar-refractivity contribution >= 4 is 27.9 Å². The van der Waals surface area contributed by atoms with Crippen LogP contribution in [0.1, 0.15) is 33.6 Å². The van der Waals surface area contributed by atoms with Crippen LogP contribution in [0.15, 0.2) is 0 Å². The number of nitrogens with two attached hydrogens (primary N) is 1. The molecule has 0 radical (unpaired) electrons. The number of amides is 2. The highest BCUT2D eigenvalue weighted by Crippen LogP contribution is 2.26. The van der Waals surface area contributed by atoms with Crippen LogP contribution in [0.4, 0.5) is 4.79 Å². The van der Waals surface area contributed by atoms with E-state index in [1.165, 1.54) is 0 Å². The Labute approximate surface area is 116 Å². The summed E-state index contributed by atoms with van der Waals surface area (Å²) in [6, 6.07) is 0. The monoisotopic (exact) mass is 320 g/mol. The first-order chi connectivity index (χ1) is 8.20. The van der Waals surface area contributed by atoms with Gasteiger partial charge < -0.3 is 15.4 Å². The van der Waals surface area contributed by atoms with Crippen molar-refractivity contribution in [2.45, 2.75) is 44.0 Å². The molecule has 0 aliphatic carbocycles. The standard InChI is InChI=1S/C12H21BrN2O3/c1-12(2,3)18-11(17)15-6-4-8(5-7-15)9(13)10(14)16/h8-9H,4-7H2,1-3H3,(H2,14,16). The van der Waals surface area contributed by atoms with E-state index in [0.29, 0.717) is 13.1 Å². The second-order valence-corrected chi connectivity index (χ2v) is 6.60. The van der Waals surface area contributed by atoms with Gasteiger partial charge in [-0.15, -0.1) is 0 Å². The van der Waals surface area contributed by atoms with E-state index in [1.807, 2.05) is 20.8 Å². The Hall–Kier alpha value is -0.780. The molecular weight excluding hydrogens is 300 g/mol. The third-order valence-corrected chi connectivity index (χ3v) is 4.08. The van der Waals surface area contributed by atoms with Gasteiger partial charge in [0.2, 0.25) is 5.91 Å². The summed E-state index contributed by atoms with van der Waals surface area (Å²) < 4.78 is 5.30. The quantitative estimate of drug-likeness (QED) is 0.789. The SMILES string of the molecule is CC(C)(C)OC(=O)N1CCC(C(Br)C(N)=O)CC1. The molecule has 104 valence electrons. The van der Waals surface area contributed by atoms with Gasteiger partial charge in [0.05, 0.1) is 4.83 Å². The Morgan fingerprint density at radius 2 is 1.83 bits per heavy atom. The van der Waals surface area contributed by atoms with Crippen molar-refractivity contribution in [3.63, 3.8) is 0 Å². The smallest absolute Gasteiger partial charge is 0.410 e. The molecule has 18 heavy (non-hydrogen) atoms. The highest BCUT2D eigenvalue weighted by molar-refractivity contribution is 9.10. The van der Waals surface area contributed by atoms with Gasteiger partial charge in [-0.25, -0.2) is 4.79 Å². The van der Waals surface area contributed by atoms with Gasteiger partial charge in [-0.2, -0.15) is 0 Å². The number of rotatable bonds is 2. The summed E-state index contributed by atoms with van der Waals surface area (Å²) in [4.78, 5) is 24.3. The van der Waals surface area contributed by atoms with Crippen molar-refractivity contribution in [2.24, 2.45) is 11.7 Å². The summed E-state index contributed by atoms with van der Waals surface area (Å²) in [5, 5.41) is 0. The Bertz CT molecular complexity index is 320. The van der Waals surface area contributed by atoms with E-state index in [9.17, 15) is 9.59 Å². The third-order valence-electron chi connectivity index (χ3n) is 2.88. The predicted molar refractivity (Wildman–Crippen MR) is 72.4 cm³/mol. The second-order valence-electron chi connectivity index (χ2n) is 5.61. The Kier molecular flexibility index (Phi) is 5.01. The number of carbonyl (C=O) groups is 2. The van der Waals surface area contributed by atoms with Gasteiger partial charge in [-0.3, -0.25) is 4.79 Å². The van der Waals surface area contributed by atoms with E-state index in [0.717, 1.165) is 12.8 Å². The first kappa shape index (κ1) is 15.3. The maximum Gasteiger partial charge on any atom is 0.410 e. The molecule has 6 heteroatoms. The van der Waals surface area contributed by atoms with E-state index in [-0.39, 0.29) is 22.7 Å². The first-order valence-corrected chi connectivity index (χ1v) is 7.03. The van der Waals surface area contributed by atoms with Crippen molar-refractivity contribution in [1.29, 1.82) is 0 Å². The maximum absolute atomic E-state index is 11.8. The van der Waals surface area contributed by atoms with Gasteiger partial charge in [0.1, 0.15) is 5.60 Å². The molecule has 1 aliphatic heterocycles. The lowest BCUT2D eigenvalue weighted by atomic mass is 9.93. The van der Waals surface area contributed by atoms with Crippen LogP contribution < -0.4 is 5.73 Å². The number of halogens is 1. The fourth-order valence-corrected chi connectivity index (χ4v) is 2.46. The fraction of sp³-hybridized carbons (Fsp3) is 0.833. The summed E-state index contributed by atoms with van der Waals surface area (Å²) in [5.74, 6) is -0.146. The van der Waals surface area contributed by atoms with Crippen LogP contribution >= 0.6 is 15.9 Å². The van der Waals surface area contributed by atoms with Crippen molar-refractivity contribution in [3.05, 3.63) is 0 Å². The molecule has 2 amide bonds. The molecule has 0 spiro atoms. The minimum Gasteiger partial charge on any atom is -0.444 e. The van der Waals surface area contributed by atoms with E-state index >= 15 is 0 Å². The molecule has 0 aromatic heterocycles. The summed E-state index contributed by atoms with van der Waals surface area (Å²) in [6.45, 7) is 6.75. The zero-order valence-corrected chi connectivity index (χ0v) is 12.7. The van der Waals surface area contributed by atoms with Crippen molar-refractivity contribution in [2.75, 3.05) is 13.1 Å². The molecule has 5 nitrogen and oxygen atoms in total. The Morgan fingerprint density at radius 1 is 1.33 bits per heavy atom. The number of hydrogen-bond donors (Lipinski definition) is 1. The minimum absolute atomic E-state index is 0.196. The molecule has 1 aliphatic rings. The number of primary amides is 1. The molecule has 0 aromatic rings. The van der Waals surface area contributed by atoms with Crippen LogP contribution in [0.5, 0.6) is 0 Å². The van der Waals surface area contributed by atoms with Crippen LogP contribution in [-0.4, -0.2) is 40.4 Å². The first-order valence-electron chi connectivity index (χ1n) is 6.12. The Morgan fingerprint density at radius 3 is 2.22 bits per heavy atom. The summed E-state index contributed by atoms with van der Waals surface area (Å²) in [6.07, 6.45) is 1.24. The lowest BCUT2D eigenvalue weighted by molar-refractivity contribution is -0.118. The third kappa shape index (κ3) is 4.48. The number of nitrogens with zero attached hydrogens (tertiary/aromatic N) is 1. The molecule has 1 heterocycles. The fourth-order valence-electron chi connectivity index (χ4n) is 1.93. The van der Waals surface area contributed by atoms with Crippen LogP contribution in [0.2, 0.25) is 0 Å². The van der Waals surface area contributed by atoms with Crippen molar-refractivity contribution in [3.8, 4) is 0 Å². The number of alkyl halides is 1. The molecule has 1 unspecified atom stereocenters. The van der Waals surface area contributed by atoms with E-state index < -0.39 is 5.60 Å². The highest BCUT2D eigenvalue weighted by atomic mass is 79.9. The van der Waals surface area contributed by atoms with Gasteiger partial charge >= 0.3 is 6.09 Å². The number of likely N-dealkylation sites (tertiary alicyclic amines) is 1. The topological polar surface area (TPSA) is 72.6 Å². The molecule has 0 saturated carbocycles. The maximum atomic E-state index is 11.8. The normalized spacial score (nSPS) is 19.4. The predicted octanol–water partition coefficient (Wildman–Crippen LogP) is 1.88. The van der Waals surface area contributed by atoms with Gasteiger partial charge in [0.15, 0.2) is 0 Å². The summed E-state index contributed by atoms with van der Waals surface area (Å²) in [7, 11) is 0. The molecule has 0 aromatic carbocycles. The number of ether oxygens (including phenoxy) is 1. The number of hydrogen-bond acceptors (Lipinski definition) is 3. The van der Waals surface area contributed by atoms with Crippen molar-refractivity contribution < 1.29 is 14.3 Å². The van der Waals surface area contributed by atoms with Crippen LogP contribution in [0.25, 0.3) is 0 Å². The van der Waals surface area contributed by atoms with Crippen LogP contribution in [0.3, 0.4) is 0 Å². The largest absolute Gasteiger partial charge is 0.444 e. The summed E-state index contributed by atoms with van der Waals surface area (Å²) in [5.41, 5.74) is 4.78. The average molecular weight is 321 g/mol. The summed E-state index contributed by atoms with van der Waals surface area (Å²) >= 11 is 3.30. The number of piperidine rings is 1. The molecule has 2 N–H and O–H groups in total. The lowest BCUT2D eigenvalue weighted by Gasteiger charge is -2.34. The highest BCUT2D eigenvalue weighted by Gasteiger charge is 2.31. The van der Waals surface area contributed by atoms with Gasteiger partial charge in [-0.1, -0.05) is 15.9 Å². The molecule has 1 saturated heterocycles. The van der Waals surface area contributed by atoms with E-state index in [4.69, 9.17) is 10.5 Å². The van der Waals surface area contributed by atoms with Crippen molar-refractivity contribution in [1.82, 2.24) is 4.90 Å². The zero-order chi connectivity index (χ0) is 13.9. The molecular formula is C12H21BrN2O3. The minimum atomic E-state index is -0.473. The van der Waals surface area contributed by atoms with E-state index in [1.54, 1.807) is 4.90 Å². The molecule has 1 rings (SSSR count). The lowest BCUT2D eigenvalue weighted by Crippen LogP contribution is -2.44. The van der Waals surface area contributed by atoms with E-state index in [2.05, 4.69) is 15.9 Å². The zero-order valence-electron chi connectivity index (χ0n) is 11.1. The molecule has 0 bridgehead atoms. The van der Waals surface area contributed by atoms with Crippen LogP contribution in [-0.2, 0) is 9.53 Å². The molecule has 1 atom stereocenters. The Balaban J connectivity index is 2.44.